The lowest BCUT2D eigenvalue weighted by Crippen LogP contribution is -1.95. The minimum Gasteiger partial charge on any atom is -0.506 e. The molecule has 0 spiro atoms. The SMILES string of the molecule is CC(O)c1ccc(I)c(O)c1I. The number of aliphatic hydroxyl groups excluding tert-OH is 1. The number of phenolic OH excluding ortho intramolecular Hbond substituents is 1. The van der Waals surface area contributed by atoms with Gasteiger partial charge in [0.05, 0.1) is 13.2 Å². The lowest BCUT2D eigenvalue weighted by atomic mass is 10.1. The van der Waals surface area contributed by atoms with Gasteiger partial charge in [-0.2, -0.15) is 0 Å². The van der Waals surface area contributed by atoms with Crippen LogP contribution in [0.15, 0.2) is 12.1 Å². The first-order chi connectivity index (χ1) is 5.54. The van der Waals surface area contributed by atoms with E-state index in [0.29, 0.717) is 0 Å². The molecule has 4 heteroatoms. The molecular weight excluding hydrogens is 382 g/mol. The third-order valence-corrected chi connectivity index (χ3v) is 3.55. The number of hydrogen-bond donors (Lipinski definition) is 2. The summed E-state index contributed by atoms with van der Waals surface area (Å²) in [4.78, 5) is 0. The van der Waals surface area contributed by atoms with Gasteiger partial charge in [-0.1, -0.05) is 6.07 Å². The van der Waals surface area contributed by atoms with Crippen LogP contribution in [0, 0.1) is 7.14 Å². The average Bonchev–Trinajstić information content (AvgIpc) is 2.00. The van der Waals surface area contributed by atoms with Crippen molar-refractivity contribution in [2.75, 3.05) is 0 Å². The molecule has 2 nitrogen and oxygen atoms in total. The van der Waals surface area contributed by atoms with Crippen LogP contribution in [0.4, 0.5) is 0 Å². The van der Waals surface area contributed by atoms with E-state index >= 15 is 0 Å². The third-order valence-electron chi connectivity index (χ3n) is 1.55. The fourth-order valence-corrected chi connectivity index (χ4v) is 2.77. The molecule has 0 aliphatic carbocycles. The van der Waals surface area contributed by atoms with E-state index in [1.54, 1.807) is 13.0 Å². The molecule has 66 valence electrons. The second-order valence-corrected chi connectivity index (χ2v) is 4.72. The zero-order valence-electron chi connectivity index (χ0n) is 6.38. The van der Waals surface area contributed by atoms with E-state index in [9.17, 15) is 10.2 Å². The predicted octanol–water partition coefficient (Wildman–Crippen LogP) is 2.65. The summed E-state index contributed by atoms with van der Waals surface area (Å²) in [5.41, 5.74) is 0.772. The molecule has 0 fully saturated rings. The zero-order valence-corrected chi connectivity index (χ0v) is 10.7. The van der Waals surface area contributed by atoms with Crippen LogP contribution in [0.1, 0.15) is 18.6 Å². The number of phenols is 1. The first-order valence-electron chi connectivity index (χ1n) is 3.39. The van der Waals surface area contributed by atoms with Crippen LogP contribution in [0.3, 0.4) is 0 Å². The van der Waals surface area contributed by atoms with E-state index in [0.717, 1.165) is 12.7 Å². The van der Waals surface area contributed by atoms with Crippen molar-refractivity contribution in [2.45, 2.75) is 13.0 Å². The molecule has 0 bridgehead atoms. The molecule has 12 heavy (non-hydrogen) atoms. The lowest BCUT2D eigenvalue weighted by Gasteiger charge is -2.09. The van der Waals surface area contributed by atoms with E-state index in [1.807, 2.05) is 28.7 Å². The molecule has 0 aliphatic heterocycles. The quantitative estimate of drug-likeness (QED) is 0.725. The van der Waals surface area contributed by atoms with Gasteiger partial charge in [0.15, 0.2) is 0 Å². The summed E-state index contributed by atoms with van der Waals surface area (Å²) in [6, 6.07) is 3.62. The van der Waals surface area contributed by atoms with Crippen LogP contribution in [0.2, 0.25) is 0 Å². The van der Waals surface area contributed by atoms with Crippen molar-refractivity contribution in [1.29, 1.82) is 0 Å². The van der Waals surface area contributed by atoms with Gasteiger partial charge in [-0.15, -0.1) is 0 Å². The summed E-state index contributed by atoms with van der Waals surface area (Å²) in [7, 11) is 0. The van der Waals surface area contributed by atoms with Gasteiger partial charge in [0.2, 0.25) is 0 Å². The molecular formula is C8H8I2O2. The molecule has 2 N–H and O–H groups in total. The van der Waals surface area contributed by atoms with Crippen LogP contribution in [-0.2, 0) is 0 Å². The first-order valence-corrected chi connectivity index (χ1v) is 5.54. The Morgan fingerprint density at radius 2 is 1.92 bits per heavy atom. The Hall–Kier alpha value is 0.440. The summed E-state index contributed by atoms with van der Waals surface area (Å²) in [5, 5.41) is 18.8. The van der Waals surface area contributed by atoms with Gasteiger partial charge in [0, 0.05) is 0 Å². The minimum absolute atomic E-state index is 0.259. The highest BCUT2D eigenvalue weighted by molar-refractivity contribution is 14.1. The molecule has 0 amide bonds. The van der Waals surface area contributed by atoms with E-state index in [-0.39, 0.29) is 5.75 Å². The van der Waals surface area contributed by atoms with E-state index < -0.39 is 6.10 Å². The number of halogens is 2. The van der Waals surface area contributed by atoms with Crippen molar-refractivity contribution in [3.63, 3.8) is 0 Å². The van der Waals surface area contributed by atoms with Crippen LogP contribution in [0.25, 0.3) is 0 Å². The van der Waals surface area contributed by atoms with Crippen molar-refractivity contribution in [2.24, 2.45) is 0 Å². The maximum atomic E-state index is 9.51. The first kappa shape index (κ1) is 10.5. The number of aliphatic hydroxyl groups is 1. The summed E-state index contributed by atoms with van der Waals surface area (Å²) < 4.78 is 1.54. The normalized spacial score (nSPS) is 13.0. The highest BCUT2D eigenvalue weighted by Gasteiger charge is 2.11. The maximum absolute atomic E-state index is 9.51. The Kier molecular flexibility index (Phi) is 3.59. The fourth-order valence-electron chi connectivity index (χ4n) is 0.879. The predicted molar refractivity (Wildman–Crippen MR) is 64.2 cm³/mol. The molecule has 1 aromatic carbocycles. The summed E-state index contributed by atoms with van der Waals surface area (Å²) in [5.74, 6) is 0.259. The van der Waals surface area contributed by atoms with Gasteiger partial charge in [-0.3, -0.25) is 0 Å². The second kappa shape index (κ2) is 4.10. The zero-order chi connectivity index (χ0) is 9.30. The Morgan fingerprint density at radius 1 is 1.33 bits per heavy atom. The number of rotatable bonds is 1. The van der Waals surface area contributed by atoms with Gasteiger partial charge in [-0.25, -0.2) is 0 Å². The second-order valence-electron chi connectivity index (χ2n) is 2.48. The smallest absolute Gasteiger partial charge is 0.142 e. The molecule has 0 saturated carbocycles. The topological polar surface area (TPSA) is 40.5 Å². The van der Waals surface area contributed by atoms with Gasteiger partial charge in [0.1, 0.15) is 5.75 Å². The monoisotopic (exact) mass is 390 g/mol. The molecule has 0 aromatic heterocycles. The van der Waals surface area contributed by atoms with E-state index in [4.69, 9.17) is 0 Å². The highest BCUT2D eigenvalue weighted by Crippen LogP contribution is 2.31. The molecule has 0 heterocycles. The van der Waals surface area contributed by atoms with Crippen molar-refractivity contribution < 1.29 is 10.2 Å². The number of benzene rings is 1. The molecule has 0 radical (unpaired) electrons. The highest BCUT2D eigenvalue weighted by atomic mass is 127. The van der Waals surface area contributed by atoms with Crippen molar-refractivity contribution in [3.05, 3.63) is 24.8 Å². The molecule has 1 rings (SSSR count). The number of hydrogen-bond acceptors (Lipinski definition) is 2. The lowest BCUT2D eigenvalue weighted by molar-refractivity contribution is 0.198. The van der Waals surface area contributed by atoms with Gasteiger partial charge in [-0.05, 0) is 63.7 Å². The van der Waals surface area contributed by atoms with Crippen LogP contribution in [0.5, 0.6) is 5.75 Å². The average molecular weight is 390 g/mol. The van der Waals surface area contributed by atoms with E-state index in [2.05, 4.69) is 22.6 Å². The summed E-state index contributed by atoms with van der Waals surface area (Å²) >= 11 is 4.08. The van der Waals surface area contributed by atoms with Gasteiger partial charge < -0.3 is 10.2 Å². The molecule has 0 aliphatic rings. The summed E-state index contributed by atoms with van der Waals surface area (Å²) in [6.45, 7) is 1.68. The van der Waals surface area contributed by atoms with Crippen molar-refractivity contribution in [1.82, 2.24) is 0 Å². The van der Waals surface area contributed by atoms with Crippen LogP contribution in [-0.4, -0.2) is 10.2 Å². The Balaban J connectivity index is 3.27. The fraction of sp³-hybridized carbons (Fsp3) is 0.250. The molecule has 0 saturated heterocycles. The summed E-state index contributed by atoms with van der Waals surface area (Å²) in [6.07, 6.45) is -0.528. The molecule has 1 aromatic rings. The van der Waals surface area contributed by atoms with Crippen LogP contribution >= 0.6 is 45.2 Å². The molecule has 1 atom stereocenters. The van der Waals surface area contributed by atoms with Crippen molar-refractivity contribution >= 4 is 45.2 Å². The Labute approximate surface area is 98.3 Å². The Bertz CT molecular complexity index is 297. The van der Waals surface area contributed by atoms with E-state index in [1.165, 1.54) is 0 Å². The third kappa shape index (κ3) is 2.02. The largest absolute Gasteiger partial charge is 0.506 e. The minimum atomic E-state index is -0.528. The maximum Gasteiger partial charge on any atom is 0.142 e. The van der Waals surface area contributed by atoms with Gasteiger partial charge in [0.25, 0.3) is 0 Å². The number of aromatic hydroxyl groups is 1. The van der Waals surface area contributed by atoms with Crippen LogP contribution < -0.4 is 0 Å². The Morgan fingerprint density at radius 3 is 2.42 bits per heavy atom. The van der Waals surface area contributed by atoms with Crippen molar-refractivity contribution in [3.8, 4) is 5.75 Å². The standard InChI is InChI=1S/C8H8I2O2/c1-4(11)5-2-3-6(9)8(12)7(5)10/h2-4,11-12H,1H3. The van der Waals surface area contributed by atoms with Gasteiger partial charge >= 0.3 is 0 Å². The molecule has 1 unspecified atom stereocenters.